The minimum atomic E-state index is -4.41. The Labute approximate surface area is 90.3 Å². The summed E-state index contributed by atoms with van der Waals surface area (Å²) in [5.74, 6) is 0. The average molecular weight is 233 g/mol. The van der Waals surface area contributed by atoms with Crippen LogP contribution >= 0.6 is 0 Å². The maximum absolute atomic E-state index is 9.22. The van der Waals surface area contributed by atoms with Crippen LogP contribution in [0.15, 0.2) is 18.3 Å². The van der Waals surface area contributed by atoms with Crippen molar-refractivity contribution in [3.63, 3.8) is 0 Å². The molecule has 0 fully saturated rings. The first-order chi connectivity index (χ1) is 6.78. The van der Waals surface area contributed by atoms with Crippen molar-refractivity contribution in [2.45, 2.75) is 13.8 Å². The lowest BCUT2D eigenvalue weighted by atomic mass is 10.2. The van der Waals surface area contributed by atoms with E-state index in [0.29, 0.717) is 0 Å². The van der Waals surface area contributed by atoms with Crippen LogP contribution in [0.5, 0.6) is 0 Å². The second kappa shape index (κ2) is 5.79. The first-order valence-corrected chi connectivity index (χ1v) is 5.54. The van der Waals surface area contributed by atoms with Gasteiger partial charge in [0, 0.05) is 18.6 Å². The van der Waals surface area contributed by atoms with Crippen molar-refractivity contribution < 1.29 is 21.7 Å². The fraction of sp³-hybridized carbons (Fsp3) is 0.444. The predicted octanol–water partition coefficient (Wildman–Crippen LogP) is 0.221. The second-order valence-electron chi connectivity index (χ2n) is 2.96. The topological polar surface area (TPSA) is 70.3 Å². The van der Waals surface area contributed by atoms with E-state index in [0.717, 1.165) is 7.11 Å². The molecule has 1 heterocycles. The summed E-state index contributed by atoms with van der Waals surface area (Å²) in [7, 11) is -1.55. The van der Waals surface area contributed by atoms with Gasteiger partial charge in [-0.2, -0.15) is 0 Å². The van der Waals surface area contributed by atoms with Crippen molar-refractivity contribution in [2.75, 3.05) is 7.11 Å². The molecule has 0 aromatic carbocycles. The molecule has 5 nitrogen and oxygen atoms in total. The highest BCUT2D eigenvalue weighted by Crippen LogP contribution is 1.96. The van der Waals surface area contributed by atoms with Crippen molar-refractivity contribution in [2.24, 2.45) is 7.05 Å². The zero-order valence-corrected chi connectivity index (χ0v) is 10.0. The van der Waals surface area contributed by atoms with Gasteiger partial charge in [-0.3, -0.25) is 4.18 Å². The van der Waals surface area contributed by atoms with Gasteiger partial charge in [-0.1, -0.05) is 0 Å². The van der Waals surface area contributed by atoms with Gasteiger partial charge in [0.25, 0.3) is 0 Å². The summed E-state index contributed by atoms with van der Waals surface area (Å²) < 4.78 is 33.1. The molecule has 86 valence electrons. The standard InChI is InChI=1S/C8H12N.CH4O4S/c1-7-5-4-6-9(3)8(7)2;1-5-6(2,3)4/h4-6H,1-3H3;1H3,(H,2,3,4)/q+1;/p-1. The van der Waals surface area contributed by atoms with Crippen molar-refractivity contribution in [1.29, 1.82) is 0 Å². The van der Waals surface area contributed by atoms with Gasteiger partial charge in [0.05, 0.1) is 7.11 Å². The fourth-order valence-electron chi connectivity index (χ4n) is 0.827. The van der Waals surface area contributed by atoms with Crippen molar-refractivity contribution >= 4 is 10.4 Å². The van der Waals surface area contributed by atoms with E-state index in [2.05, 4.69) is 48.0 Å². The molecule has 1 rings (SSSR count). The Morgan fingerprint density at radius 3 is 2.13 bits per heavy atom. The summed E-state index contributed by atoms with van der Waals surface area (Å²) in [5.41, 5.74) is 2.68. The molecule has 0 radical (unpaired) electrons. The summed E-state index contributed by atoms with van der Waals surface area (Å²) in [6, 6.07) is 4.18. The number of pyridine rings is 1. The van der Waals surface area contributed by atoms with Crippen LogP contribution in [0.25, 0.3) is 0 Å². The number of rotatable bonds is 1. The highest BCUT2D eigenvalue weighted by molar-refractivity contribution is 7.80. The Hall–Kier alpha value is -0.980. The lowest BCUT2D eigenvalue weighted by Crippen LogP contribution is -2.31. The zero-order chi connectivity index (χ0) is 12.1. The second-order valence-corrected chi connectivity index (χ2v) is 4.11. The van der Waals surface area contributed by atoms with Crippen molar-refractivity contribution in [3.8, 4) is 0 Å². The highest BCUT2D eigenvalue weighted by Gasteiger charge is 1.99. The van der Waals surface area contributed by atoms with Gasteiger partial charge >= 0.3 is 0 Å². The monoisotopic (exact) mass is 233 g/mol. The van der Waals surface area contributed by atoms with Crippen LogP contribution in [0.3, 0.4) is 0 Å². The number of aromatic nitrogens is 1. The van der Waals surface area contributed by atoms with Gasteiger partial charge in [-0.15, -0.1) is 0 Å². The molecule has 0 atom stereocenters. The maximum atomic E-state index is 9.22. The summed E-state index contributed by atoms with van der Waals surface area (Å²) in [6.45, 7) is 4.24. The molecule has 0 aliphatic carbocycles. The first kappa shape index (κ1) is 14.0. The minimum Gasteiger partial charge on any atom is -0.726 e. The molecule has 0 aliphatic rings. The first-order valence-electron chi connectivity index (χ1n) is 4.21. The average Bonchev–Trinajstić information content (AvgIpc) is 2.14. The van der Waals surface area contributed by atoms with Crippen LogP contribution in [-0.2, 0) is 21.6 Å². The summed E-state index contributed by atoms with van der Waals surface area (Å²) in [5, 5.41) is 0. The lowest BCUT2D eigenvalue weighted by molar-refractivity contribution is -0.678. The summed E-state index contributed by atoms with van der Waals surface area (Å²) >= 11 is 0. The third kappa shape index (κ3) is 6.16. The summed E-state index contributed by atoms with van der Waals surface area (Å²) in [4.78, 5) is 0. The van der Waals surface area contributed by atoms with E-state index in [1.54, 1.807) is 0 Å². The third-order valence-electron chi connectivity index (χ3n) is 1.96. The molecule has 6 heteroatoms. The Balaban J connectivity index is 0.000000288. The highest BCUT2D eigenvalue weighted by atomic mass is 32.3. The van der Waals surface area contributed by atoms with Gasteiger partial charge in [0.15, 0.2) is 11.9 Å². The maximum Gasteiger partial charge on any atom is 0.217 e. The van der Waals surface area contributed by atoms with Gasteiger partial charge in [0.1, 0.15) is 7.05 Å². The molecule has 0 saturated heterocycles. The third-order valence-corrected chi connectivity index (χ3v) is 2.37. The molecule has 0 unspecified atom stereocenters. The van der Waals surface area contributed by atoms with E-state index in [1.807, 2.05) is 0 Å². The molecule has 0 bridgehead atoms. The normalized spacial score (nSPS) is 10.5. The molecule has 0 spiro atoms. The molecular formula is C9H15NO4S. The van der Waals surface area contributed by atoms with E-state index in [-0.39, 0.29) is 0 Å². The minimum absolute atomic E-state index is 0.808. The van der Waals surface area contributed by atoms with Crippen LogP contribution in [0.1, 0.15) is 11.3 Å². The quantitative estimate of drug-likeness (QED) is 0.395. The molecule has 0 saturated carbocycles. The van der Waals surface area contributed by atoms with Crippen molar-refractivity contribution in [3.05, 3.63) is 29.6 Å². The number of hydrogen-bond donors (Lipinski definition) is 0. The van der Waals surface area contributed by atoms with E-state index in [4.69, 9.17) is 0 Å². The smallest absolute Gasteiger partial charge is 0.217 e. The number of aryl methyl sites for hydroxylation is 2. The van der Waals surface area contributed by atoms with E-state index >= 15 is 0 Å². The summed E-state index contributed by atoms with van der Waals surface area (Å²) in [6.07, 6.45) is 2.06. The SMILES string of the molecule is COS(=O)(=O)[O-].Cc1ccc[n+](C)c1C. The van der Waals surface area contributed by atoms with Gasteiger partial charge in [-0.05, 0) is 13.0 Å². The molecule has 0 N–H and O–H groups in total. The Kier molecular flexibility index (Phi) is 5.41. The fourth-order valence-corrected chi connectivity index (χ4v) is 0.827. The van der Waals surface area contributed by atoms with E-state index in [1.165, 1.54) is 11.3 Å². The lowest BCUT2D eigenvalue weighted by Gasteiger charge is -1.98. The van der Waals surface area contributed by atoms with Gasteiger partial charge in [-0.25, -0.2) is 13.0 Å². The largest absolute Gasteiger partial charge is 0.726 e. The predicted molar refractivity (Wildman–Crippen MR) is 53.8 cm³/mol. The Morgan fingerprint density at radius 1 is 1.40 bits per heavy atom. The van der Waals surface area contributed by atoms with Crippen LogP contribution in [-0.4, -0.2) is 20.1 Å². The van der Waals surface area contributed by atoms with E-state index < -0.39 is 10.4 Å². The Bertz CT molecular complexity index is 394. The van der Waals surface area contributed by atoms with Crippen LogP contribution in [0, 0.1) is 13.8 Å². The van der Waals surface area contributed by atoms with E-state index in [9.17, 15) is 13.0 Å². The van der Waals surface area contributed by atoms with Gasteiger partial charge < -0.3 is 4.55 Å². The Morgan fingerprint density at radius 2 is 1.87 bits per heavy atom. The molecular weight excluding hydrogens is 218 g/mol. The zero-order valence-electron chi connectivity index (χ0n) is 9.22. The number of hydrogen-bond acceptors (Lipinski definition) is 4. The molecule has 1 aromatic heterocycles. The van der Waals surface area contributed by atoms with Crippen LogP contribution < -0.4 is 4.57 Å². The molecule has 1 aromatic rings. The number of nitrogens with zero attached hydrogens (tertiary/aromatic N) is 1. The van der Waals surface area contributed by atoms with Gasteiger partial charge in [0.2, 0.25) is 10.4 Å². The molecule has 0 amide bonds. The van der Waals surface area contributed by atoms with Crippen molar-refractivity contribution in [1.82, 2.24) is 0 Å². The van der Waals surface area contributed by atoms with Crippen LogP contribution in [0.2, 0.25) is 0 Å². The molecule has 0 aliphatic heterocycles. The molecule has 15 heavy (non-hydrogen) atoms. The van der Waals surface area contributed by atoms with Crippen LogP contribution in [0.4, 0.5) is 0 Å².